The van der Waals surface area contributed by atoms with E-state index in [1.165, 1.54) is 31.4 Å². The lowest BCUT2D eigenvalue weighted by atomic mass is 10.1. The number of hydrogen-bond donors (Lipinski definition) is 0. The van der Waals surface area contributed by atoms with E-state index >= 15 is 0 Å². The molecule has 0 bridgehead atoms. The van der Waals surface area contributed by atoms with Crippen molar-refractivity contribution in [3.63, 3.8) is 0 Å². The molecule has 0 aliphatic rings. The number of carbonyl (C=O) groups is 1. The zero-order valence-corrected chi connectivity index (χ0v) is 14.3. The Kier molecular flexibility index (Phi) is 5.25. The summed E-state index contributed by atoms with van der Waals surface area (Å²) in [6.45, 7) is 0. The number of nitrogens with zero attached hydrogens (tertiary/aromatic N) is 2. The van der Waals surface area contributed by atoms with E-state index < -0.39 is 29.4 Å². The molecule has 1 aromatic heterocycles. The van der Waals surface area contributed by atoms with Crippen LogP contribution >= 0.6 is 0 Å². The number of benzene rings is 2. The highest BCUT2D eigenvalue weighted by Crippen LogP contribution is 2.31. The maximum atomic E-state index is 14.3. The number of rotatable bonds is 4. The fourth-order valence-electron chi connectivity index (χ4n) is 2.28. The summed E-state index contributed by atoms with van der Waals surface area (Å²) >= 11 is 0. The highest BCUT2D eigenvalue weighted by Gasteiger charge is 2.30. The van der Waals surface area contributed by atoms with Crippen molar-refractivity contribution in [1.29, 1.82) is 0 Å². The Bertz CT molecular complexity index is 1010. The molecule has 3 rings (SSSR count). The van der Waals surface area contributed by atoms with Gasteiger partial charge in [0.15, 0.2) is 5.83 Å². The second kappa shape index (κ2) is 7.63. The minimum atomic E-state index is -4.46. The average molecular weight is 392 g/mol. The van der Waals surface area contributed by atoms with Gasteiger partial charge in [-0.15, -0.1) is 10.2 Å². The Morgan fingerprint density at radius 3 is 2.25 bits per heavy atom. The van der Waals surface area contributed by atoms with Gasteiger partial charge in [0.1, 0.15) is 0 Å². The molecule has 3 aromatic rings. The van der Waals surface area contributed by atoms with Crippen molar-refractivity contribution in [2.24, 2.45) is 0 Å². The van der Waals surface area contributed by atoms with Crippen LogP contribution in [0.4, 0.5) is 17.6 Å². The molecule has 0 saturated carbocycles. The van der Waals surface area contributed by atoms with Crippen LogP contribution in [0, 0.1) is 0 Å². The Morgan fingerprint density at radius 1 is 1.04 bits per heavy atom. The smallest absolute Gasteiger partial charge is 0.416 e. The van der Waals surface area contributed by atoms with E-state index in [0.717, 1.165) is 30.3 Å². The molecular weight excluding hydrogens is 380 g/mol. The fraction of sp³-hybridized carbons (Fsp3) is 0.105. The van der Waals surface area contributed by atoms with E-state index in [1.54, 1.807) is 0 Å². The molecule has 0 aliphatic carbocycles. The first-order valence-corrected chi connectivity index (χ1v) is 7.85. The third-order valence-electron chi connectivity index (χ3n) is 3.71. The van der Waals surface area contributed by atoms with Gasteiger partial charge in [-0.2, -0.15) is 13.2 Å². The first-order valence-electron chi connectivity index (χ1n) is 7.85. The van der Waals surface area contributed by atoms with E-state index in [4.69, 9.17) is 4.42 Å². The zero-order valence-electron chi connectivity index (χ0n) is 14.3. The van der Waals surface area contributed by atoms with Crippen LogP contribution in [0.25, 0.3) is 23.4 Å². The molecule has 0 amide bonds. The molecule has 5 nitrogen and oxygen atoms in total. The van der Waals surface area contributed by atoms with E-state index in [-0.39, 0.29) is 11.5 Å². The van der Waals surface area contributed by atoms with Gasteiger partial charge in [-0.1, -0.05) is 12.1 Å². The summed E-state index contributed by atoms with van der Waals surface area (Å²) in [4.78, 5) is 11.4. The normalized spacial score (nSPS) is 12.1. The van der Waals surface area contributed by atoms with Gasteiger partial charge in [-0.05, 0) is 48.0 Å². The monoisotopic (exact) mass is 392 g/mol. The molecule has 0 radical (unpaired) electrons. The van der Waals surface area contributed by atoms with Crippen LogP contribution in [-0.2, 0) is 10.9 Å². The van der Waals surface area contributed by atoms with Gasteiger partial charge in [0, 0.05) is 5.56 Å². The Morgan fingerprint density at radius 2 is 1.68 bits per heavy atom. The van der Waals surface area contributed by atoms with Crippen LogP contribution in [0.2, 0.25) is 0 Å². The number of methoxy groups -OCH3 is 1. The summed E-state index contributed by atoms with van der Waals surface area (Å²) in [7, 11) is 1.25. The largest absolute Gasteiger partial charge is 0.465 e. The van der Waals surface area contributed by atoms with Crippen LogP contribution in [0.3, 0.4) is 0 Å². The highest BCUT2D eigenvalue weighted by molar-refractivity contribution is 5.89. The zero-order chi connectivity index (χ0) is 20.3. The van der Waals surface area contributed by atoms with Crippen molar-refractivity contribution < 1.29 is 31.5 Å². The maximum Gasteiger partial charge on any atom is 0.416 e. The molecule has 144 valence electrons. The molecule has 1 heterocycles. The van der Waals surface area contributed by atoms with Gasteiger partial charge >= 0.3 is 12.1 Å². The van der Waals surface area contributed by atoms with Crippen LogP contribution in [0.1, 0.15) is 27.4 Å². The second-order valence-corrected chi connectivity index (χ2v) is 5.59. The highest BCUT2D eigenvalue weighted by atomic mass is 19.4. The van der Waals surface area contributed by atoms with E-state index in [1.807, 2.05) is 0 Å². The number of carbonyl (C=O) groups excluding carboxylic acids is 1. The number of hydrogen-bond acceptors (Lipinski definition) is 5. The van der Waals surface area contributed by atoms with E-state index in [0.29, 0.717) is 11.1 Å². The predicted octanol–water partition coefficient (Wildman–Crippen LogP) is 5.01. The van der Waals surface area contributed by atoms with E-state index in [9.17, 15) is 22.4 Å². The summed E-state index contributed by atoms with van der Waals surface area (Å²) in [6.07, 6.45) is -3.35. The number of halogens is 4. The maximum absolute atomic E-state index is 14.3. The number of alkyl halides is 3. The van der Waals surface area contributed by atoms with Gasteiger partial charge in [0.25, 0.3) is 5.89 Å². The average Bonchev–Trinajstić information content (AvgIpc) is 3.18. The van der Waals surface area contributed by atoms with Gasteiger partial charge in [0.2, 0.25) is 5.89 Å². The predicted molar refractivity (Wildman–Crippen MR) is 91.5 cm³/mol. The van der Waals surface area contributed by atoms with Crippen molar-refractivity contribution >= 4 is 17.9 Å². The standard InChI is InChI=1S/C19H12F4N2O3/c1-27-18(26)13-4-2-11(3-5-13)10-15(20)17-25-24-16(28-17)12-6-8-14(9-7-12)19(21,22)23/h2-10H,1H3/b15-10-. The van der Waals surface area contributed by atoms with Gasteiger partial charge < -0.3 is 9.15 Å². The van der Waals surface area contributed by atoms with Crippen LogP contribution < -0.4 is 0 Å². The third-order valence-corrected chi connectivity index (χ3v) is 3.71. The number of ether oxygens (including phenoxy) is 1. The Hall–Kier alpha value is -3.49. The molecule has 0 spiro atoms. The fourth-order valence-corrected chi connectivity index (χ4v) is 2.28. The molecule has 2 aromatic carbocycles. The summed E-state index contributed by atoms with van der Waals surface area (Å²) in [5.41, 5.74) is 0.140. The second-order valence-electron chi connectivity index (χ2n) is 5.59. The van der Waals surface area contributed by atoms with Crippen molar-refractivity contribution in [2.45, 2.75) is 6.18 Å². The van der Waals surface area contributed by atoms with Crippen molar-refractivity contribution in [1.82, 2.24) is 10.2 Å². The molecule has 0 aliphatic heterocycles. The topological polar surface area (TPSA) is 65.2 Å². The lowest BCUT2D eigenvalue weighted by Gasteiger charge is -2.05. The molecule has 0 fully saturated rings. The van der Waals surface area contributed by atoms with Gasteiger partial charge in [-0.25, -0.2) is 9.18 Å². The molecule has 0 atom stereocenters. The van der Waals surface area contributed by atoms with Crippen molar-refractivity contribution in [2.75, 3.05) is 7.11 Å². The quantitative estimate of drug-likeness (QED) is 0.461. The molecule has 0 saturated heterocycles. The Labute approximate surface area is 156 Å². The van der Waals surface area contributed by atoms with Crippen LogP contribution in [-0.4, -0.2) is 23.3 Å². The molecule has 0 unspecified atom stereocenters. The lowest BCUT2D eigenvalue weighted by molar-refractivity contribution is -0.137. The summed E-state index contributed by atoms with van der Waals surface area (Å²) < 4.78 is 61.9. The first-order chi connectivity index (χ1) is 13.3. The van der Waals surface area contributed by atoms with Crippen LogP contribution in [0.15, 0.2) is 52.9 Å². The lowest BCUT2D eigenvalue weighted by Crippen LogP contribution is -2.03. The number of aromatic nitrogens is 2. The summed E-state index contributed by atoms with van der Waals surface area (Å²) in [5.74, 6) is -1.90. The van der Waals surface area contributed by atoms with Crippen LogP contribution in [0.5, 0.6) is 0 Å². The molecular formula is C19H12F4N2O3. The number of esters is 1. The Balaban J connectivity index is 1.79. The summed E-state index contributed by atoms with van der Waals surface area (Å²) in [6, 6.07) is 9.99. The van der Waals surface area contributed by atoms with Gasteiger partial charge in [0.05, 0.1) is 18.2 Å². The first kappa shape index (κ1) is 19.3. The van der Waals surface area contributed by atoms with E-state index in [2.05, 4.69) is 14.9 Å². The molecule has 9 heteroatoms. The minimum Gasteiger partial charge on any atom is -0.465 e. The summed E-state index contributed by atoms with van der Waals surface area (Å²) in [5, 5.41) is 7.21. The molecule has 28 heavy (non-hydrogen) atoms. The molecule has 0 N–H and O–H groups in total. The minimum absolute atomic E-state index is 0.117. The van der Waals surface area contributed by atoms with Crippen molar-refractivity contribution in [3.05, 3.63) is 71.1 Å². The third kappa shape index (κ3) is 4.25. The SMILES string of the molecule is COC(=O)c1ccc(/C=C(\F)c2nnc(-c3ccc(C(F)(F)F)cc3)o2)cc1. The van der Waals surface area contributed by atoms with Gasteiger partial charge in [-0.3, -0.25) is 0 Å². The van der Waals surface area contributed by atoms with Crippen molar-refractivity contribution in [3.8, 4) is 11.5 Å².